The third kappa shape index (κ3) is 5.15. The van der Waals surface area contributed by atoms with Gasteiger partial charge in [-0.15, -0.1) is 0 Å². The van der Waals surface area contributed by atoms with Crippen LogP contribution in [0.25, 0.3) is 11.0 Å². The normalized spacial score (nSPS) is 12.1. The monoisotopic (exact) mass is 451 g/mol. The number of carbonyl (C=O) groups is 1. The van der Waals surface area contributed by atoms with Gasteiger partial charge in [-0.3, -0.25) is 9.97 Å². The Balaban J connectivity index is 1.89. The third-order valence-corrected chi connectivity index (χ3v) is 4.75. The number of aryl methyl sites for hydroxylation is 2. The van der Waals surface area contributed by atoms with E-state index in [1.54, 1.807) is 7.11 Å². The molecule has 1 atom stereocenters. The van der Waals surface area contributed by atoms with Crippen molar-refractivity contribution in [2.24, 2.45) is 0 Å². The molecule has 0 radical (unpaired) electrons. The van der Waals surface area contributed by atoms with Gasteiger partial charge < -0.3 is 20.1 Å². The van der Waals surface area contributed by atoms with E-state index in [1.165, 1.54) is 19.2 Å². The second kappa shape index (κ2) is 9.36. The van der Waals surface area contributed by atoms with Crippen LogP contribution in [0.2, 0.25) is 5.02 Å². The molecule has 0 aliphatic carbocycles. The molecule has 3 rings (SSSR count). The summed E-state index contributed by atoms with van der Waals surface area (Å²) < 4.78 is 34.6. The Hall–Kier alpha value is -3.11. The summed E-state index contributed by atoms with van der Waals surface area (Å²) in [5, 5.41) is 5.15. The third-order valence-electron chi connectivity index (χ3n) is 4.48. The van der Waals surface area contributed by atoms with Crippen LogP contribution in [0.3, 0.4) is 0 Å². The molecule has 3 aromatic rings. The van der Waals surface area contributed by atoms with Crippen molar-refractivity contribution in [3.8, 4) is 5.88 Å². The number of fused-ring (bicyclic) bond motifs is 1. The largest absolute Gasteiger partial charge is 0.415 e. The fraction of sp³-hybridized carbons (Fsp3) is 0.300. The van der Waals surface area contributed by atoms with Crippen LogP contribution in [0.15, 0.2) is 24.4 Å². The molecule has 3 aromatic heterocycles. The van der Waals surface area contributed by atoms with Gasteiger partial charge in [-0.1, -0.05) is 11.6 Å². The lowest BCUT2D eigenvalue weighted by Crippen LogP contribution is -2.22. The lowest BCUT2D eigenvalue weighted by molar-refractivity contribution is -0.0528. The first-order valence-electron chi connectivity index (χ1n) is 9.18. The van der Waals surface area contributed by atoms with E-state index in [-0.39, 0.29) is 22.5 Å². The first kappa shape index (κ1) is 22.6. The number of carbonyl (C=O) groups excluding carboxylic acids is 1. The number of anilines is 2. The molecular formula is C20H20ClF2N5O3. The number of pyridine rings is 3. The van der Waals surface area contributed by atoms with Gasteiger partial charge in [-0.2, -0.15) is 8.78 Å². The maximum absolute atomic E-state index is 12.6. The van der Waals surface area contributed by atoms with E-state index in [2.05, 4.69) is 30.3 Å². The van der Waals surface area contributed by atoms with E-state index in [9.17, 15) is 13.6 Å². The minimum absolute atomic E-state index is 0.165. The zero-order chi connectivity index (χ0) is 22.7. The highest BCUT2D eigenvalue weighted by atomic mass is 35.5. The number of urea groups is 1. The summed E-state index contributed by atoms with van der Waals surface area (Å²) in [5.74, 6) is -0.420. The van der Waals surface area contributed by atoms with Gasteiger partial charge in [0.05, 0.1) is 40.4 Å². The van der Waals surface area contributed by atoms with Crippen molar-refractivity contribution in [3.63, 3.8) is 0 Å². The Kier molecular flexibility index (Phi) is 6.81. The van der Waals surface area contributed by atoms with E-state index in [1.807, 2.05) is 26.0 Å². The number of hydrogen-bond acceptors (Lipinski definition) is 6. The van der Waals surface area contributed by atoms with Crippen molar-refractivity contribution in [1.82, 2.24) is 15.0 Å². The van der Waals surface area contributed by atoms with E-state index in [0.29, 0.717) is 22.3 Å². The fourth-order valence-electron chi connectivity index (χ4n) is 2.94. The van der Waals surface area contributed by atoms with Crippen LogP contribution in [-0.2, 0) is 4.74 Å². The summed E-state index contributed by atoms with van der Waals surface area (Å²) in [5.41, 5.74) is 3.62. The quantitative estimate of drug-likeness (QED) is 0.531. The second-order valence-electron chi connectivity index (χ2n) is 6.65. The van der Waals surface area contributed by atoms with Crippen molar-refractivity contribution in [2.45, 2.75) is 33.5 Å². The molecule has 0 saturated carbocycles. The fourth-order valence-corrected chi connectivity index (χ4v) is 3.14. The molecule has 0 aromatic carbocycles. The topological polar surface area (TPSA) is 98.3 Å². The van der Waals surface area contributed by atoms with Crippen molar-refractivity contribution < 1.29 is 23.0 Å². The molecule has 8 nitrogen and oxygen atoms in total. The average Bonchev–Trinajstić information content (AvgIpc) is 2.70. The van der Waals surface area contributed by atoms with Gasteiger partial charge in [0.2, 0.25) is 5.88 Å². The van der Waals surface area contributed by atoms with E-state index in [0.717, 1.165) is 5.69 Å². The molecule has 164 valence electrons. The van der Waals surface area contributed by atoms with Gasteiger partial charge in [0, 0.05) is 18.4 Å². The minimum Gasteiger partial charge on any atom is -0.415 e. The number of nitrogens with one attached hydrogen (secondary N) is 2. The Morgan fingerprint density at radius 2 is 1.87 bits per heavy atom. The number of nitrogens with zero attached hydrogens (tertiary/aromatic N) is 3. The SMILES string of the molecule is CO[C@@H](C)c1c(NC(=O)Nc2cc(Cl)c(OC(F)F)nc2C)cnc2ccc(C)nc12. The van der Waals surface area contributed by atoms with Crippen LogP contribution in [-0.4, -0.2) is 34.7 Å². The molecule has 2 amide bonds. The predicted molar refractivity (Wildman–Crippen MR) is 113 cm³/mol. The van der Waals surface area contributed by atoms with Crippen LogP contribution in [0.1, 0.15) is 30.0 Å². The molecule has 0 fully saturated rings. The lowest BCUT2D eigenvalue weighted by Gasteiger charge is -2.18. The molecule has 0 spiro atoms. The minimum atomic E-state index is -3.06. The first-order valence-corrected chi connectivity index (χ1v) is 9.56. The molecule has 0 bridgehead atoms. The molecule has 0 unspecified atom stereocenters. The average molecular weight is 452 g/mol. The number of halogens is 3. The number of alkyl halides is 2. The van der Waals surface area contributed by atoms with Gasteiger partial charge in [-0.25, -0.2) is 9.78 Å². The maximum Gasteiger partial charge on any atom is 0.388 e. The van der Waals surface area contributed by atoms with E-state index < -0.39 is 18.5 Å². The van der Waals surface area contributed by atoms with E-state index in [4.69, 9.17) is 16.3 Å². The summed E-state index contributed by atoms with van der Waals surface area (Å²) >= 11 is 5.93. The van der Waals surface area contributed by atoms with Gasteiger partial charge in [0.1, 0.15) is 5.02 Å². The number of methoxy groups -OCH3 is 1. The predicted octanol–water partition coefficient (Wildman–Crippen LogP) is 5.25. The summed E-state index contributed by atoms with van der Waals surface area (Å²) in [4.78, 5) is 25.4. The Morgan fingerprint density at radius 1 is 1.16 bits per heavy atom. The van der Waals surface area contributed by atoms with Crippen LogP contribution >= 0.6 is 11.6 Å². The van der Waals surface area contributed by atoms with E-state index >= 15 is 0 Å². The Bertz CT molecular complexity index is 1130. The standard InChI is InChI=1S/C20H20ClF2N5O3/c1-9-5-6-13-17(25-9)16(11(3)30-4)15(8-24-13)28-20(29)27-14-7-12(21)18(26-10(14)2)31-19(22)23/h5-8,11,19H,1-4H3,(H2,27,28,29)/t11-/m0/s1. The first-order chi connectivity index (χ1) is 14.7. The molecule has 0 saturated heterocycles. The smallest absolute Gasteiger partial charge is 0.388 e. The van der Waals surface area contributed by atoms with Crippen LogP contribution in [0.4, 0.5) is 25.0 Å². The van der Waals surface area contributed by atoms with Crippen molar-refractivity contribution >= 4 is 40.0 Å². The zero-order valence-electron chi connectivity index (χ0n) is 17.2. The summed E-state index contributed by atoms with van der Waals surface area (Å²) in [6.45, 7) is 2.14. The van der Waals surface area contributed by atoms with Crippen molar-refractivity contribution in [3.05, 3.63) is 46.4 Å². The summed E-state index contributed by atoms with van der Waals surface area (Å²) in [6.07, 6.45) is 1.14. The molecule has 2 N–H and O–H groups in total. The van der Waals surface area contributed by atoms with Crippen molar-refractivity contribution in [1.29, 1.82) is 0 Å². The molecule has 0 aliphatic heterocycles. The highest BCUT2D eigenvalue weighted by Crippen LogP contribution is 2.32. The van der Waals surface area contributed by atoms with Gasteiger partial charge >= 0.3 is 12.6 Å². The maximum atomic E-state index is 12.6. The highest BCUT2D eigenvalue weighted by molar-refractivity contribution is 6.32. The van der Waals surface area contributed by atoms with Crippen LogP contribution < -0.4 is 15.4 Å². The molecule has 31 heavy (non-hydrogen) atoms. The zero-order valence-corrected chi connectivity index (χ0v) is 17.9. The van der Waals surface area contributed by atoms with Gasteiger partial charge in [-0.05, 0) is 39.0 Å². The lowest BCUT2D eigenvalue weighted by atomic mass is 10.1. The Morgan fingerprint density at radius 3 is 2.55 bits per heavy atom. The number of hydrogen-bond donors (Lipinski definition) is 2. The highest BCUT2D eigenvalue weighted by Gasteiger charge is 2.19. The number of rotatable bonds is 6. The van der Waals surface area contributed by atoms with Crippen LogP contribution in [0, 0.1) is 13.8 Å². The summed E-state index contributed by atoms with van der Waals surface area (Å²) in [7, 11) is 1.55. The number of amides is 2. The molecular weight excluding hydrogens is 432 g/mol. The van der Waals surface area contributed by atoms with Crippen LogP contribution in [0.5, 0.6) is 5.88 Å². The van der Waals surface area contributed by atoms with Crippen molar-refractivity contribution in [2.75, 3.05) is 17.7 Å². The molecule has 11 heteroatoms. The Labute approximate surface area is 182 Å². The molecule has 3 heterocycles. The molecule has 0 aliphatic rings. The number of aromatic nitrogens is 3. The summed E-state index contributed by atoms with van der Waals surface area (Å²) in [6, 6.07) is 4.36. The van der Waals surface area contributed by atoms with Gasteiger partial charge in [0.15, 0.2) is 0 Å². The second-order valence-corrected chi connectivity index (χ2v) is 7.06. The number of ether oxygens (including phenoxy) is 2. The van der Waals surface area contributed by atoms with Gasteiger partial charge in [0.25, 0.3) is 0 Å².